The zero-order valence-electron chi connectivity index (χ0n) is 15.9. The molecule has 2 aromatic rings. The molecule has 24 heavy (non-hydrogen) atoms. The lowest BCUT2D eigenvalue weighted by atomic mass is 9.85. The van der Waals surface area contributed by atoms with Gasteiger partial charge in [0.25, 0.3) is 0 Å². The summed E-state index contributed by atoms with van der Waals surface area (Å²) in [6, 6.07) is 18.8. The van der Waals surface area contributed by atoms with Gasteiger partial charge in [-0.05, 0) is 46.7 Å². The Morgan fingerprint density at radius 3 is 2.00 bits per heavy atom. The summed E-state index contributed by atoms with van der Waals surface area (Å²) in [5, 5.41) is 0. The number of hydrogen-bond acceptors (Lipinski definition) is 1. The van der Waals surface area contributed by atoms with E-state index in [9.17, 15) is 0 Å². The molecule has 0 aliphatic carbocycles. The Morgan fingerprint density at radius 1 is 0.875 bits per heavy atom. The first-order valence-electron chi connectivity index (χ1n) is 8.71. The third kappa shape index (κ3) is 5.42. The fourth-order valence-corrected chi connectivity index (χ4v) is 2.49. The van der Waals surface area contributed by atoms with Crippen LogP contribution in [0.5, 0.6) is 0 Å². The van der Waals surface area contributed by atoms with Crippen molar-refractivity contribution in [1.82, 2.24) is 0 Å². The average Bonchev–Trinajstić information content (AvgIpc) is 2.61. The zero-order chi connectivity index (χ0) is 18.2. The fraction of sp³-hybridized carbons (Fsp3) is 0.304. The second kappa shape index (κ2) is 9.12. The van der Waals surface area contributed by atoms with Gasteiger partial charge in [-0.25, -0.2) is 0 Å². The summed E-state index contributed by atoms with van der Waals surface area (Å²) in [5.74, 6) is 0. The van der Waals surface area contributed by atoms with Crippen LogP contribution >= 0.6 is 0 Å². The number of benzene rings is 2. The molecule has 0 atom stereocenters. The van der Waals surface area contributed by atoms with Gasteiger partial charge in [-0.1, -0.05) is 89.2 Å². The molecule has 0 aliphatic rings. The molecule has 2 aromatic carbocycles. The Bertz CT molecular complexity index is 685. The van der Waals surface area contributed by atoms with Crippen LogP contribution in [0.25, 0.3) is 16.8 Å². The normalized spacial score (nSPS) is 12.4. The molecule has 0 fully saturated rings. The molecule has 1 nitrogen and oxygen atoms in total. The summed E-state index contributed by atoms with van der Waals surface area (Å²) in [5.41, 5.74) is 11.9. The lowest BCUT2D eigenvalue weighted by molar-refractivity contribution is 0.516. The van der Waals surface area contributed by atoms with E-state index in [2.05, 4.69) is 88.4 Å². The predicted octanol–water partition coefficient (Wildman–Crippen LogP) is 6.67. The van der Waals surface area contributed by atoms with Gasteiger partial charge >= 0.3 is 0 Å². The Hall–Kier alpha value is -2.28. The lowest BCUT2D eigenvalue weighted by Crippen LogP contribution is -2.09. The topological polar surface area (TPSA) is 26.0 Å². The maximum atomic E-state index is 6.34. The van der Waals surface area contributed by atoms with Crippen molar-refractivity contribution >= 4 is 5.70 Å². The third-order valence-electron chi connectivity index (χ3n) is 3.79. The molecule has 0 radical (unpaired) electrons. The van der Waals surface area contributed by atoms with Crippen LogP contribution in [-0.4, -0.2) is 0 Å². The summed E-state index contributed by atoms with van der Waals surface area (Å²) < 4.78 is 0. The van der Waals surface area contributed by atoms with E-state index in [1.165, 1.54) is 16.7 Å². The molecule has 0 bridgehead atoms. The summed E-state index contributed by atoms with van der Waals surface area (Å²) in [4.78, 5) is 0. The summed E-state index contributed by atoms with van der Waals surface area (Å²) in [7, 11) is 0. The Labute approximate surface area is 147 Å². The van der Waals surface area contributed by atoms with Crippen LogP contribution in [0.3, 0.4) is 0 Å². The highest BCUT2D eigenvalue weighted by atomic mass is 14.6. The van der Waals surface area contributed by atoms with Gasteiger partial charge in [-0.15, -0.1) is 0 Å². The van der Waals surface area contributed by atoms with Gasteiger partial charge in [0.2, 0.25) is 0 Å². The molecule has 0 heterocycles. The number of hydrogen-bond donors (Lipinski definition) is 1. The highest BCUT2D eigenvalue weighted by molar-refractivity contribution is 5.72. The van der Waals surface area contributed by atoms with E-state index in [0.717, 1.165) is 11.3 Å². The Kier molecular flexibility index (Phi) is 7.51. The highest BCUT2D eigenvalue weighted by Gasteiger charge is 2.14. The average molecular weight is 322 g/mol. The van der Waals surface area contributed by atoms with Crippen LogP contribution in [0.4, 0.5) is 0 Å². The van der Waals surface area contributed by atoms with Crippen molar-refractivity contribution in [3.8, 4) is 11.1 Å². The van der Waals surface area contributed by atoms with Crippen molar-refractivity contribution in [2.45, 2.75) is 41.5 Å². The van der Waals surface area contributed by atoms with Crippen LogP contribution in [0.1, 0.15) is 47.1 Å². The van der Waals surface area contributed by atoms with Crippen LogP contribution in [-0.2, 0) is 0 Å². The van der Waals surface area contributed by atoms with Gasteiger partial charge < -0.3 is 5.73 Å². The Balaban J connectivity index is 0.00000139. The maximum Gasteiger partial charge on any atom is 0.0390 e. The van der Waals surface area contributed by atoms with Gasteiger partial charge in [0.05, 0.1) is 0 Å². The first-order valence-corrected chi connectivity index (χ1v) is 8.71. The van der Waals surface area contributed by atoms with E-state index < -0.39 is 0 Å². The van der Waals surface area contributed by atoms with Gasteiger partial charge in [0.1, 0.15) is 0 Å². The highest BCUT2D eigenvalue weighted by Crippen LogP contribution is 2.29. The van der Waals surface area contributed by atoms with E-state index in [1.807, 2.05) is 19.9 Å². The van der Waals surface area contributed by atoms with E-state index in [-0.39, 0.29) is 5.41 Å². The minimum absolute atomic E-state index is 0.0937. The first kappa shape index (κ1) is 19.8. The molecular weight excluding hydrogens is 290 g/mol. The van der Waals surface area contributed by atoms with Crippen LogP contribution in [0.15, 0.2) is 72.3 Å². The third-order valence-corrected chi connectivity index (χ3v) is 3.79. The standard InChI is InChI=1S/C21H25N.C2H6/c1-5-19(21(2,3)4)15-20(22)18-13-9-12-17(14-18)16-10-7-6-8-11-16;1-2/h5-15H,22H2,1-4H3;1-2H3/b19-5+,20-15-;. The van der Waals surface area contributed by atoms with E-state index in [4.69, 9.17) is 5.73 Å². The number of rotatable bonds is 3. The molecule has 0 amide bonds. The second-order valence-electron chi connectivity index (χ2n) is 6.54. The van der Waals surface area contributed by atoms with Crippen molar-refractivity contribution in [3.63, 3.8) is 0 Å². The minimum Gasteiger partial charge on any atom is -0.398 e. The van der Waals surface area contributed by atoms with Crippen LogP contribution in [0.2, 0.25) is 0 Å². The molecule has 128 valence electrons. The first-order chi connectivity index (χ1) is 11.4. The molecule has 0 unspecified atom stereocenters. The molecule has 2 N–H and O–H groups in total. The Morgan fingerprint density at radius 2 is 1.46 bits per heavy atom. The van der Waals surface area contributed by atoms with Crippen molar-refractivity contribution in [2.24, 2.45) is 11.1 Å². The molecule has 0 spiro atoms. The molecular formula is C23H31N. The van der Waals surface area contributed by atoms with Gasteiger partial charge in [-0.3, -0.25) is 0 Å². The largest absolute Gasteiger partial charge is 0.398 e. The SMILES string of the molecule is C/C=C(\C=C(/N)c1cccc(-c2ccccc2)c1)C(C)(C)C.CC. The summed E-state index contributed by atoms with van der Waals surface area (Å²) in [6.45, 7) is 12.7. The minimum atomic E-state index is 0.0937. The molecule has 1 heteroatoms. The zero-order valence-corrected chi connectivity index (χ0v) is 15.9. The predicted molar refractivity (Wildman–Crippen MR) is 109 cm³/mol. The van der Waals surface area contributed by atoms with Gasteiger partial charge in [0, 0.05) is 5.70 Å². The maximum absolute atomic E-state index is 6.34. The molecule has 0 aromatic heterocycles. The quantitative estimate of drug-likeness (QED) is 0.627. The molecule has 0 saturated heterocycles. The van der Waals surface area contributed by atoms with Crippen LogP contribution in [0, 0.1) is 5.41 Å². The summed E-state index contributed by atoms with van der Waals surface area (Å²) in [6.07, 6.45) is 4.22. The van der Waals surface area contributed by atoms with Gasteiger partial charge in [0.15, 0.2) is 0 Å². The monoisotopic (exact) mass is 321 g/mol. The smallest absolute Gasteiger partial charge is 0.0390 e. The van der Waals surface area contributed by atoms with Crippen molar-refractivity contribution in [1.29, 1.82) is 0 Å². The fourth-order valence-electron chi connectivity index (χ4n) is 2.49. The second-order valence-corrected chi connectivity index (χ2v) is 6.54. The van der Waals surface area contributed by atoms with Crippen molar-refractivity contribution in [3.05, 3.63) is 77.9 Å². The van der Waals surface area contributed by atoms with Crippen LogP contribution < -0.4 is 5.73 Å². The number of nitrogens with two attached hydrogens (primary N) is 1. The van der Waals surface area contributed by atoms with E-state index >= 15 is 0 Å². The van der Waals surface area contributed by atoms with E-state index in [1.54, 1.807) is 0 Å². The van der Waals surface area contributed by atoms with Gasteiger partial charge in [-0.2, -0.15) is 0 Å². The molecule has 0 aliphatic heterocycles. The van der Waals surface area contributed by atoms with Crippen molar-refractivity contribution < 1.29 is 0 Å². The lowest BCUT2D eigenvalue weighted by Gasteiger charge is -2.21. The number of allylic oxidation sites excluding steroid dienone is 3. The molecule has 0 saturated carbocycles. The molecule has 2 rings (SSSR count). The van der Waals surface area contributed by atoms with E-state index in [0.29, 0.717) is 0 Å². The summed E-state index contributed by atoms with van der Waals surface area (Å²) >= 11 is 0. The van der Waals surface area contributed by atoms with Crippen molar-refractivity contribution in [2.75, 3.05) is 0 Å².